The highest BCUT2D eigenvalue weighted by molar-refractivity contribution is 6.07. The smallest absolute Gasteiger partial charge is 0.255 e. The van der Waals surface area contributed by atoms with E-state index in [4.69, 9.17) is 0 Å². The fourth-order valence-electron chi connectivity index (χ4n) is 5.32. The van der Waals surface area contributed by atoms with Crippen LogP contribution in [0.2, 0.25) is 0 Å². The second-order valence-corrected chi connectivity index (χ2v) is 10.4. The van der Waals surface area contributed by atoms with Gasteiger partial charge in [0.15, 0.2) is 0 Å². The summed E-state index contributed by atoms with van der Waals surface area (Å²) >= 11 is 0. The molecule has 2 aliphatic rings. The standard InChI is InChI=1S/C31H32F3N5O3/c32-24-5-1-4-21(16-24)29(40)36-27-19-22(30(41)38-10-2-8-35-9-13-38)6-7-28(27)37-11-3-12-39(15-14-37)31(42)23-17-25(33)20-26(34)18-23/h1,4-7,16-20,35H,2-3,8-15H2,(H,36,40). The maximum absolute atomic E-state index is 13.8. The summed E-state index contributed by atoms with van der Waals surface area (Å²) in [7, 11) is 0. The topological polar surface area (TPSA) is 85.0 Å². The minimum absolute atomic E-state index is 0.0597. The summed E-state index contributed by atoms with van der Waals surface area (Å²) in [5.74, 6) is -3.33. The van der Waals surface area contributed by atoms with Crippen molar-refractivity contribution < 1.29 is 27.6 Å². The van der Waals surface area contributed by atoms with Gasteiger partial charge in [0.2, 0.25) is 0 Å². The maximum Gasteiger partial charge on any atom is 0.255 e. The zero-order valence-corrected chi connectivity index (χ0v) is 23.0. The lowest BCUT2D eigenvalue weighted by Crippen LogP contribution is -2.36. The molecule has 5 rings (SSSR count). The summed E-state index contributed by atoms with van der Waals surface area (Å²) in [5.41, 5.74) is 1.51. The van der Waals surface area contributed by atoms with E-state index in [2.05, 4.69) is 10.6 Å². The molecule has 0 radical (unpaired) electrons. The molecule has 2 fully saturated rings. The lowest BCUT2D eigenvalue weighted by Gasteiger charge is -2.27. The molecule has 0 aliphatic carbocycles. The van der Waals surface area contributed by atoms with E-state index >= 15 is 0 Å². The molecule has 0 unspecified atom stereocenters. The number of amides is 3. The van der Waals surface area contributed by atoms with E-state index in [9.17, 15) is 27.6 Å². The van der Waals surface area contributed by atoms with Gasteiger partial charge in [0, 0.05) is 68.6 Å². The predicted molar refractivity (Wildman–Crippen MR) is 153 cm³/mol. The molecule has 2 saturated heterocycles. The highest BCUT2D eigenvalue weighted by Crippen LogP contribution is 2.30. The predicted octanol–water partition coefficient (Wildman–Crippen LogP) is 4.14. The number of hydrogen-bond donors (Lipinski definition) is 2. The van der Waals surface area contributed by atoms with E-state index in [0.717, 1.165) is 37.2 Å². The van der Waals surface area contributed by atoms with Crippen molar-refractivity contribution in [2.24, 2.45) is 0 Å². The first-order valence-corrected chi connectivity index (χ1v) is 14.0. The van der Waals surface area contributed by atoms with Gasteiger partial charge in [-0.25, -0.2) is 13.2 Å². The summed E-state index contributed by atoms with van der Waals surface area (Å²) in [6, 6.07) is 13.2. The molecular weight excluding hydrogens is 547 g/mol. The Bertz CT molecular complexity index is 1460. The highest BCUT2D eigenvalue weighted by atomic mass is 19.1. The minimum Gasteiger partial charge on any atom is -0.368 e. The molecule has 2 aliphatic heterocycles. The number of rotatable bonds is 5. The number of nitrogens with one attached hydrogen (secondary N) is 2. The Labute approximate surface area is 242 Å². The SMILES string of the molecule is O=C(Nc1cc(C(=O)N2CCCNCC2)ccc1N1CCCN(C(=O)c2cc(F)cc(F)c2)CC1)c1cccc(F)c1. The van der Waals surface area contributed by atoms with E-state index in [1.807, 2.05) is 4.90 Å². The van der Waals surface area contributed by atoms with Crippen LogP contribution in [0.25, 0.3) is 0 Å². The van der Waals surface area contributed by atoms with Gasteiger partial charge in [-0.05, 0) is 67.9 Å². The average Bonchev–Trinajstić information content (AvgIpc) is 3.40. The third-order valence-electron chi connectivity index (χ3n) is 7.44. The Morgan fingerprint density at radius 2 is 1.36 bits per heavy atom. The van der Waals surface area contributed by atoms with E-state index < -0.39 is 29.3 Å². The molecule has 8 nitrogen and oxygen atoms in total. The fraction of sp³-hybridized carbons (Fsp3) is 0.323. The molecule has 3 aromatic rings. The van der Waals surface area contributed by atoms with Gasteiger partial charge in [-0.1, -0.05) is 6.07 Å². The van der Waals surface area contributed by atoms with Crippen LogP contribution in [0.5, 0.6) is 0 Å². The fourth-order valence-corrected chi connectivity index (χ4v) is 5.32. The largest absolute Gasteiger partial charge is 0.368 e. The quantitative estimate of drug-likeness (QED) is 0.475. The van der Waals surface area contributed by atoms with Crippen molar-refractivity contribution in [3.8, 4) is 0 Å². The Balaban J connectivity index is 1.40. The van der Waals surface area contributed by atoms with Gasteiger partial charge in [-0.15, -0.1) is 0 Å². The van der Waals surface area contributed by atoms with E-state index in [1.165, 1.54) is 18.2 Å². The van der Waals surface area contributed by atoms with Crippen LogP contribution in [-0.4, -0.2) is 79.9 Å². The van der Waals surface area contributed by atoms with E-state index in [0.29, 0.717) is 62.6 Å². The molecule has 2 N–H and O–H groups in total. The molecule has 0 aromatic heterocycles. The van der Waals surface area contributed by atoms with Crippen LogP contribution in [0.15, 0.2) is 60.7 Å². The summed E-state index contributed by atoms with van der Waals surface area (Å²) in [4.78, 5) is 44.9. The van der Waals surface area contributed by atoms with E-state index in [1.54, 1.807) is 28.0 Å². The third kappa shape index (κ3) is 6.91. The first-order chi connectivity index (χ1) is 20.3. The summed E-state index contributed by atoms with van der Waals surface area (Å²) in [6.07, 6.45) is 1.39. The van der Waals surface area contributed by atoms with Crippen LogP contribution in [0.3, 0.4) is 0 Å². The summed E-state index contributed by atoms with van der Waals surface area (Å²) in [6.45, 7) is 4.25. The van der Waals surface area contributed by atoms with Crippen molar-refractivity contribution in [2.75, 3.05) is 62.6 Å². The van der Waals surface area contributed by atoms with Gasteiger partial charge in [0.25, 0.3) is 17.7 Å². The molecule has 220 valence electrons. The van der Waals surface area contributed by atoms with Crippen LogP contribution >= 0.6 is 0 Å². The van der Waals surface area contributed by atoms with Gasteiger partial charge in [0.05, 0.1) is 11.4 Å². The number of nitrogens with zero attached hydrogens (tertiary/aromatic N) is 3. The second kappa shape index (κ2) is 13.1. The Hall–Kier alpha value is -4.38. The lowest BCUT2D eigenvalue weighted by atomic mass is 10.1. The molecule has 3 aromatic carbocycles. The van der Waals surface area contributed by atoms with Crippen molar-refractivity contribution in [3.63, 3.8) is 0 Å². The maximum atomic E-state index is 13.8. The first kappa shape index (κ1) is 29.1. The zero-order valence-electron chi connectivity index (χ0n) is 23.0. The number of halogens is 3. The number of carbonyl (C=O) groups is 3. The van der Waals surface area contributed by atoms with Crippen LogP contribution in [0, 0.1) is 17.5 Å². The Kier molecular flexibility index (Phi) is 9.06. The van der Waals surface area contributed by atoms with Gasteiger partial charge in [-0.2, -0.15) is 0 Å². The zero-order chi connectivity index (χ0) is 29.6. The van der Waals surface area contributed by atoms with Crippen molar-refractivity contribution in [2.45, 2.75) is 12.8 Å². The van der Waals surface area contributed by atoms with Gasteiger partial charge in [0.1, 0.15) is 17.5 Å². The molecule has 0 bridgehead atoms. The third-order valence-corrected chi connectivity index (χ3v) is 7.44. The van der Waals surface area contributed by atoms with Gasteiger partial charge >= 0.3 is 0 Å². The second-order valence-electron chi connectivity index (χ2n) is 10.4. The monoisotopic (exact) mass is 579 g/mol. The number of carbonyl (C=O) groups excluding carboxylic acids is 3. The molecular formula is C31H32F3N5O3. The normalized spacial score (nSPS) is 16.0. The Morgan fingerprint density at radius 1 is 0.643 bits per heavy atom. The number of hydrogen-bond acceptors (Lipinski definition) is 5. The minimum atomic E-state index is -0.820. The molecule has 2 heterocycles. The number of benzene rings is 3. The molecule has 0 spiro atoms. The molecule has 3 amide bonds. The van der Waals surface area contributed by atoms with E-state index in [-0.39, 0.29) is 23.6 Å². The molecule has 0 saturated carbocycles. The van der Waals surface area contributed by atoms with Crippen LogP contribution in [-0.2, 0) is 0 Å². The average molecular weight is 580 g/mol. The van der Waals surface area contributed by atoms with Crippen molar-refractivity contribution in [1.29, 1.82) is 0 Å². The van der Waals surface area contributed by atoms with Crippen LogP contribution in [0.1, 0.15) is 43.9 Å². The molecule has 42 heavy (non-hydrogen) atoms. The summed E-state index contributed by atoms with van der Waals surface area (Å²) in [5, 5.41) is 6.14. The Morgan fingerprint density at radius 3 is 2.14 bits per heavy atom. The molecule has 11 heteroatoms. The highest BCUT2D eigenvalue weighted by Gasteiger charge is 2.25. The number of anilines is 2. The van der Waals surface area contributed by atoms with Crippen molar-refractivity contribution in [3.05, 3.63) is 94.8 Å². The van der Waals surface area contributed by atoms with Gasteiger partial charge < -0.3 is 25.3 Å². The van der Waals surface area contributed by atoms with Crippen molar-refractivity contribution >= 4 is 29.1 Å². The van der Waals surface area contributed by atoms with Crippen molar-refractivity contribution in [1.82, 2.24) is 15.1 Å². The van der Waals surface area contributed by atoms with Crippen LogP contribution in [0.4, 0.5) is 24.5 Å². The first-order valence-electron chi connectivity index (χ1n) is 14.0. The lowest BCUT2D eigenvalue weighted by molar-refractivity contribution is 0.0758. The van der Waals surface area contributed by atoms with Crippen LogP contribution < -0.4 is 15.5 Å². The summed E-state index contributed by atoms with van der Waals surface area (Å²) < 4.78 is 41.3. The molecule has 0 atom stereocenters. The van der Waals surface area contributed by atoms with Gasteiger partial charge in [-0.3, -0.25) is 14.4 Å².